The molecule has 0 heterocycles. The van der Waals surface area contributed by atoms with Crippen LogP contribution in [0.4, 0.5) is 5.69 Å². The molecule has 17 heavy (non-hydrogen) atoms. The zero-order valence-corrected chi connectivity index (χ0v) is 10.8. The number of rotatable bonds is 7. The fraction of sp³-hybridized carbons (Fsp3) is 0.417. The molecule has 1 rings (SSSR count). The van der Waals surface area contributed by atoms with E-state index in [0.29, 0.717) is 31.0 Å². The number of ether oxygens (including phenoxy) is 1. The molecule has 0 aliphatic heterocycles. The van der Waals surface area contributed by atoms with Crippen molar-refractivity contribution < 1.29 is 9.53 Å². The molecule has 0 radical (unpaired) electrons. The van der Waals surface area contributed by atoms with E-state index in [-0.39, 0.29) is 5.91 Å². The summed E-state index contributed by atoms with van der Waals surface area (Å²) in [5.41, 5.74) is 6.33. The lowest BCUT2D eigenvalue weighted by Crippen LogP contribution is -2.28. The summed E-state index contributed by atoms with van der Waals surface area (Å²) in [4.78, 5) is 11.3. The third-order valence-corrected chi connectivity index (χ3v) is 2.75. The van der Waals surface area contributed by atoms with Gasteiger partial charge < -0.3 is 15.8 Å². The first-order valence-corrected chi connectivity index (χ1v) is 6.86. The lowest BCUT2D eigenvalue weighted by atomic mass is 10.3. The average Bonchev–Trinajstić information content (AvgIpc) is 2.34. The van der Waals surface area contributed by atoms with Crippen LogP contribution in [0.25, 0.3) is 0 Å². The highest BCUT2D eigenvalue weighted by molar-refractivity contribution is 7.98. The van der Waals surface area contributed by atoms with Crippen molar-refractivity contribution in [3.63, 3.8) is 0 Å². The Bertz CT molecular complexity index is 358. The van der Waals surface area contributed by atoms with E-state index in [1.165, 1.54) is 0 Å². The van der Waals surface area contributed by atoms with Crippen molar-refractivity contribution in [2.24, 2.45) is 0 Å². The highest BCUT2D eigenvalue weighted by Crippen LogP contribution is 2.19. The van der Waals surface area contributed by atoms with Crippen LogP contribution in [-0.4, -0.2) is 31.1 Å². The Labute approximate surface area is 106 Å². The summed E-state index contributed by atoms with van der Waals surface area (Å²) in [5, 5.41) is 2.79. The van der Waals surface area contributed by atoms with Crippen molar-refractivity contribution in [1.82, 2.24) is 5.32 Å². The van der Waals surface area contributed by atoms with E-state index in [4.69, 9.17) is 10.5 Å². The van der Waals surface area contributed by atoms with Gasteiger partial charge in [-0.1, -0.05) is 12.1 Å². The summed E-state index contributed by atoms with van der Waals surface area (Å²) in [7, 11) is 0. The Morgan fingerprint density at radius 2 is 2.24 bits per heavy atom. The molecule has 0 saturated heterocycles. The molecule has 0 spiro atoms. The third kappa shape index (κ3) is 5.49. The minimum Gasteiger partial charge on any atom is -0.490 e. The van der Waals surface area contributed by atoms with Crippen molar-refractivity contribution in [1.29, 1.82) is 0 Å². The number of para-hydroxylation sites is 2. The van der Waals surface area contributed by atoms with E-state index < -0.39 is 0 Å². The number of benzene rings is 1. The van der Waals surface area contributed by atoms with E-state index in [0.717, 1.165) is 5.75 Å². The number of carbonyl (C=O) groups excluding carboxylic acids is 1. The largest absolute Gasteiger partial charge is 0.490 e. The fourth-order valence-electron chi connectivity index (χ4n) is 1.25. The van der Waals surface area contributed by atoms with Gasteiger partial charge in [0.05, 0.1) is 12.2 Å². The number of anilines is 1. The second-order valence-corrected chi connectivity index (χ2v) is 4.46. The van der Waals surface area contributed by atoms with Crippen LogP contribution in [0.15, 0.2) is 24.3 Å². The molecule has 1 aromatic carbocycles. The smallest absolute Gasteiger partial charge is 0.220 e. The molecule has 0 bridgehead atoms. The number of nitrogen functional groups attached to an aromatic ring is 1. The molecular formula is C12H18N2O2S. The molecule has 0 aromatic heterocycles. The summed E-state index contributed by atoms with van der Waals surface area (Å²) in [6, 6.07) is 7.31. The maximum atomic E-state index is 11.3. The second-order valence-electron chi connectivity index (χ2n) is 3.48. The second kappa shape index (κ2) is 7.84. The van der Waals surface area contributed by atoms with Crippen LogP contribution in [0.3, 0.4) is 0 Å². The Morgan fingerprint density at radius 1 is 1.47 bits per heavy atom. The number of hydrogen-bond donors (Lipinski definition) is 2. The zero-order chi connectivity index (χ0) is 12.5. The van der Waals surface area contributed by atoms with E-state index in [1.54, 1.807) is 17.8 Å². The average molecular weight is 254 g/mol. The summed E-state index contributed by atoms with van der Waals surface area (Å²) < 4.78 is 5.45. The van der Waals surface area contributed by atoms with Crippen LogP contribution in [0, 0.1) is 0 Å². The Hall–Kier alpha value is -1.36. The molecule has 4 nitrogen and oxygen atoms in total. The van der Waals surface area contributed by atoms with E-state index >= 15 is 0 Å². The lowest BCUT2D eigenvalue weighted by Gasteiger charge is -2.09. The molecule has 0 unspecified atom stereocenters. The van der Waals surface area contributed by atoms with Crippen LogP contribution in [0.5, 0.6) is 5.75 Å². The highest BCUT2D eigenvalue weighted by atomic mass is 32.2. The van der Waals surface area contributed by atoms with Gasteiger partial charge in [0.1, 0.15) is 12.4 Å². The summed E-state index contributed by atoms with van der Waals surface area (Å²) >= 11 is 1.66. The van der Waals surface area contributed by atoms with Crippen LogP contribution in [-0.2, 0) is 4.79 Å². The van der Waals surface area contributed by atoms with E-state index in [2.05, 4.69) is 5.32 Å². The SMILES string of the molecule is CSCCC(=O)NCCOc1ccccc1N. The van der Waals surface area contributed by atoms with Gasteiger partial charge >= 0.3 is 0 Å². The van der Waals surface area contributed by atoms with Crippen molar-refractivity contribution in [2.75, 3.05) is 30.9 Å². The van der Waals surface area contributed by atoms with Gasteiger partial charge in [0.25, 0.3) is 0 Å². The van der Waals surface area contributed by atoms with Crippen LogP contribution < -0.4 is 15.8 Å². The maximum absolute atomic E-state index is 11.3. The fourth-order valence-corrected chi connectivity index (χ4v) is 1.64. The van der Waals surface area contributed by atoms with Gasteiger partial charge in [-0.15, -0.1) is 0 Å². The predicted octanol–water partition coefficient (Wildman–Crippen LogP) is 1.52. The topological polar surface area (TPSA) is 64.3 Å². The summed E-state index contributed by atoms with van der Waals surface area (Å²) in [6.07, 6.45) is 2.53. The molecule has 0 fully saturated rings. The van der Waals surface area contributed by atoms with Gasteiger partial charge in [0.15, 0.2) is 0 Å². The quantitative estimate of drug-likeness (QED) is 0.572. The van der Waals surface area contributed by atoms with E-state index in [1.807, 2.05) is 24.5 Å². The molecule has 1 amide bonds. The normalized spacial score (nSPS) is 9.94. The van der Waals surface area contributed by atoms with Crippen molar-refractivity contribution >= 4 is 23.4 Å². The number of nitrogens with two attached hydrogens (primary N) is 1. The van der Waals surface area contributed by atoms with Crippen molar-refractivity contribution in [3.8, 4) is 5.75 Å². The Kier molecular flexibility index (Phi) is 6.32. The number of hydrogen-bond acceptors (Lipinski definition) is 4. The highest BCUT2D eigenvalue weighted by Gasteiger charge is 2.01. The maximum Gasteiger partial charge on any atom is 0.220 e. The number of thioether (sulfide) groups is 1. The van der Waals surface area contributed by atoms with Crippen molar-refractivity contribution in [2.45, 2.75) is 6.42 Å². The van der Waals surface area contributed by atoms with Crippen molar-refractivity contribution in [3.05, 3.63) is 24.3 Å². The minimum atomic E-state index is 0.0592. The first-order chi connectivity index (χ1) is 8.24. The number of nitrogens with one attached hydrogen (secondary N) is 1. The first kappa shape index (κ1) is 13.7. The van der Waals surface area contributed by atoms with Gasteiger partial charge in [-0.05, 0) is 18.4 Å². The van der Waals surface area contributed by atoms with Gasteiger partial charge in [0.2, 0.25) is 5.91 Å². The number of amides is 1. The van der Waals surface area contributed by atoms with Crippen LogP contribution >= 0.6 is 11.8 Å². The van der Waals surface area contributed by atoms with Gasteiger partial charge in [-0.25, -0.2) is 0 Å². The molecular weight excluding hydrogens is 236 g/mol. The minimum absolute atomic E-state index is 0.0592. The van der Waals surface area contributed by atoms with Gasteiger partial charge in [-0.3, -0.25) is 4.79 Å². The first-order valence-electron chi connectivity index (χ1n) is 5.47. The molecule has 3 N–H and O–H groups in total. The summed E-state index contributed by atoms with van der Waals surface area (Å²) in [5.74, 6) is 1.56. The zero-order valence-electron chi connectivity index (χ0n) is 9.94. The predicted molar refractivity (Wildman–Crippen MR) is 72.4 cm³/mol. The molecule has 5 heteroatoms. The summed E-state index contributed by atoms with van der Waals surface area (Å²) in [6.45, 7) is 0.931. The molecule has 1 aromatic rings. The van der Waals surface area contributed by atoms with Gasteiger partial charge in [0, 0.05) is 12.2 Å². The molecule has 0 aliphatic carbocycles. The lowest BCUT2D eigenvalue weighted by molar-refractivity contribution is -0.120. The molecule has 0 aliphatic rings. The van der Waals surface area contributed by atoms with E-state index in [9.17, 15) is 4.79 Å². The molecule has 94 valence electrons. The van der Waals surface area contributed by atoms with Crippen LogP contribution in [0.1, 0.15) is 6.42 Å². The van der Waals surface area contributed by atoms with Gasteiger partial charge in [-0.2, -0.15) is 11.8 Å². The monoisotopic (exact) mass is 254 g/mol. The van der Waals surface area contributed by atoms with Crippen LogP contribution in [0.2, 0.25) is 0 Å². The molecule has 0 atom stereocenters. The standard InChI is InChI=1S/C12H18N2O2S/c1-17-9-6-12(15)14-7-8-16-11-5-3-2-4-10(11)13/h2-5H,6-9,13H2,1H3,(H,14,15). The Morgan fingerprint density at radius 3 is 2.94 bits per heavy atom. The third-order valence-electron chi connectivity index (χ3n) is 2.13. The number of carbonyl (C=O) groups is 1. The Balaban J connectivity index is 2.16. The molecule has 0 saturated carbocycles.